The molecule has 1 unspecified atom stereocenters. The minimum atomic E-state index is 0.0850. The fourth-order valence-corrected chi connectivity index (χ4v) is 2.95. The molecule has 2 aliphatic heterocycles. The second-order valence-corrected chi connectivity index (χ2v) is 5.88. The van der Waals surface area contributed by atoms with Crippen molar-refractivity contribution in [3.05, 3.63) is 18.3 Å². The number of likely N-dealkylation sites (tertiary alicyclic amines) is 1. The van der Waals surface area contributed by atoms with E-state index >= 15 is 0 Å². The number of nitrogens with zero attached hydrogens (tertiary/aromatic N) is 3. The first-order valence-electron chi connectivity index (χ1n) is 7.63. The molecule has 0 aromatic carbocycles. The average molecular weight is 289 g/mol. The minimum absolute atomic E-state index is 0.0850. The number of hydrogen-bond donors (Lipinski definition) is 2. The van der Waals surface area contributed by atoms with Crippen molar-refractivity contribution in [3.63, 3.8) is 0 Å². The molecular weight excluding hydrogens is 266 g/mol. The molecule has 0 radical (unpaired) electrons. The lowest BCUT2D eigenvalue weighted by Crippen LogP contribution is -2.43. The van der Waals surface area contributed by atoms with Crippen LogP contribution in [-0.2, 0) is 4.79 Å². The summed E-state index contributed by atoms with van der Waals surface area (Å²) in [6, 6.07) is 3.93. The predicted molar refractivity (Wildman–Crippen MR) is 83.6 cm³/mol. The van der Waals surface area contributed by atoms with E-state index in [0.29, 0.717) is 5.82 Å². The quantitative estimate of drug-likeness (QED) is 0.842. The van der Waals surface area contributed by atoms with Gasteiger partial charge in [0.2, 0.25) is 5.91 Å². The molecule has 1 aromatic rings. The average Bonchev–Trinajstić information content (AvgIpc) is 2.96. The maximum Gasteiger partial charge on any atom is 0.229 e. The first-order valence-corrected chi connectivity index (χ1v) is 7.63. The monoisotopic (exact) mass is 289 g/mol. The number of aromatic nitrogens is 1. The van der Waals surface area contributed by atoms with E-state index in [4.69, 9.17) is 0 Å². The summed E-state index contributed by atoms with van der Waals surface area (Å²) >= 11 is 0. The van der Waals surface area contributed by atoms with Crippen molar-refractivity contribution in [1.82, 2.24) is 15.2 Å². The Labute approximate surface area is 125 Å². The number of anilines is 2. The first-order chi connectivity index (χ1) is 10.2. The summed E-state index contributed by atoms with van der Waals surface area (Å²) in [5.41, 5.74) is 1.12. The van der Waals surface area contributed by atoms with Crippen LogP contribution in [0.3, 0.4) is 0 Å². The molecule has 6 nitrogen and oxygen atoms in total. The van der Waals surface area contributed by atoms with Crippen molar-refractivity contribution < 1.29 is 4.79 Å². The van der Waals surface area contributed by atoms with E-state index in [0.717, 1.165) is 51.4 Å². The molecule has 114 valence electrons. The third kappa shape index (κ3) is 3.51. The zero-order valence-electron chi connectivity index (χ0n) is 12.5. The van der Waals surface area contributed by atoms with Crippen LogP contribution in [-0.4, -0.2) is 62.1 Å². The number of rotatable bonds is 3. The minimum Gasteiger partial charge on any atom is -0.368 e. The molecule has 3 rings (SSSR count). The molecule has 0 bridgehead atoms. The summed E-state index contributed by atoms with van der Waals surface area (Å²) in [6.45, 7) is 5.85. The van der Waals surface area contributed by atoms with Gasteiger partial charge in [-0.3, -0.25) is 4.79 Å². The lowest BCUT2D eigenvalue weighted by Gasteiger charge is -2.29. The van der Waals surface area contributed by atoms with Crippen LogP contribution in [0, 0.1) is 5.92 Å². The molecule has 0 spiro atoms. The Bertz CT molecular complexity index is 483. The zero-order valence-corrected chi connectivity index (χ0v) is 12.5. The van der Waals surface area contributed by atoms with Gasteiger partial charge in [0.1, 0.15) is 5.82 Å². The molecule has 0 saturated carbocycles. The van der Waals surface area contributed by atoms with Crippen molar-refractivity contribution in [2.45, 2.75) is 6.42 Å². The van der Waals surface area contributed by atoms with Crippen molar-refractivity contribution >= 4 is 17.4 Å². The van der Waals surface area contributed by atoms with Crippen LogP contribution in [0.1, 0.15) is 6.42 Å². The van der Waals surface area contributed by atoms with Crippen LogP contribution in [0.2, 0.25) is 0 Å². The Morgan fingerprint density at radius 3 is 2.76 bits per heavy atom. The number of piperazine rings is 1. The maximum absolute atomic E-state index is 12.2. The Morgan fingerprint density at radius 2 is 2.14 bits per heavy atom. The molecule has 1 atom stereocenters. The highest BCUT2D eigenvalue weighted by atomic mass is 16.2. The van der Waals surface area contributed by atoms with Crippen molar-refractivity contribution in [1.29, 1.82) is 0 Å². The molecule has 21 heavy (non-hydrogen) atoms. The van der Waals surface area contributed by atoms with Gasteiger partial charge in [0.25, 0.3) is 0 Å². The number of amides is 1. The Kier molecular flexibility index (Phi) is 4.36. The molecule has 1 aromatic heterocycles. The Morgan fingerprint density at radius 1 is 1.33 bits per heavy atom. The van der Waals surface area contributed by atoms with E-state index in [1.165, 1.54) is 0 Å². The van der Waals surface area contributed by atoms with Gasteiger partial charge in [0.05, 0.1) is 17.8 Å². The molecule has 1 amide bonds. The van der Waals surface area contributed by atoms with Crippen LogP contribution in [0.15, 0.2) is 18.3 Å². The molecule has 3 heterocycles. The molecular formula is C15H23N5O. The Hall–Kier alpha value is -1.66. The van der Waals surface area contributed by atoms with E-state index in [2.05, 4.69) is 25.4 Å². The highest BCUT2D eigenvalue weighted by Gasteiger charge is 2.26. The molecule has 0 aliphatic carbocycles. The summed E-state index contributed by atoms with van der Waals surface area (Å²) in [4.78, 5) is 21.0. The van der Waals surface area contributed by atoms with Gasteiger partial charge in [-0.1, -0.05) is 0 Å². The molecule has 2 N–H and O–H groups in total. The van der Waals surface area contributed by atoms with Gasteiger partial charge in [0, 0.05) is 32.7 Å². The highest BCUT2D eigenvalue weighted by Crippen LogP contribution is 2.18. The lowest BCUT2D eigenvalue weighted by molar-refractivity contribution is -0.119. The van der Waals surface area contributed by atoms with Gasteiger partial charge < -0.3 is 20.4 Å². The second-order valence-electron chi connectivity index (χ2n) is 5.88. The van der Waals surface area contributed by atoms with Gasteiger partial charge >= 0.3 is 0 Å². The highest BCUT2D eigenvalue weighted by molar-refractivity contribution is 5.92. The van der Waals surface area contributed by atoms with Crippen molar-refractivity contribution in [3.8, 4) is 0 Å². The van der Waals surface area contributed by atoms with Gasteiger partial charge in [-0.25, -0.2) is 4.98 Å². The number of carbonyl (C=O) groups is 1. The molecule has 2 aliphatic rings. The van der Waals surface area contributed by atoms with Gasteiger partial charge in [-0.15, -0.1) is 0 Å². The van der Waals surface area contributed by atoms with E-state index in [9.17, 15) is 4.79 Å². The van der Waals surface area contributed by atoms with Crippen LogP contribution >= 0.6 is 0 Å². The third-order valence-corrected chi connectivity index (χ3v) is 4.24. The standard InChI is InChI=1S/C15H23N5O/c1-19-7-4-12(11-19)15(21)18-14-3-2-13(10-17-14)20-8-5-16-6-9-20/h2-3,10,12,16H,4-9,11H2,1H3,(H,17,18,21). The summed E-state index contributed by atoms with van der Waals surface area (Å²) in [5.74, 6) is 0.819. The summed E-state index contributed by atoms with van der Waals surface area (Å²) in [7, 11) is 2.05. The van der Waals surface area contributed by atoms with Crippen LogP contribution in [0.25, 0.3) is 0 Å². The zero-order chi connectivity index (χ0) is 14.7. The largest absolute Gasteiger partial charge is 0.368 e. The molecule has 2 saturated heterocycles. The van der Waals surface area contributed by atoms with Crippen molar-refractivity contribution in [2.24, 2.45) is 5.92 Å². The van der Waals surface area contributed by atoms with Crippen LogP contribution in [0.5, 0.6) is 0 Å². The maximum atomic E-state index is 12.2. The van der Waals surface area contributed by atoms with E-state index in [-0.39, 0.29) is 11.8 Å². The SMILES string of the molecule is CN1CCC(C(=O)Nc2ccc(N3CCNCC3)cn2)C1. The summed E-state index contributed by atoms with van der Waals surface area (Å²) in [6.07, 6.45) is 2.78. The molecule has 6 heteroatoms. The normalized spacial score (nSPS) is 23.3. The Balaban J connectivity index is 1.57. The van der Waals surface area contributed by atoms with E-state index < -0.39 is 0 Å². The second kappa shape index (κ2) is 6.41. The van der Waals surface area contributed by atoms with Gasteiger partial charge in [0.15, 0.2) is 0 Å². The fraction of sp³-hybridized carbons (Fsp3) is 0.600. The lowest BCUT2D eigenvalue weighted by atomic mass is 10.1. The number of carbonyl (C=O) groups excluding carboxylic acids is 1. The smallest absolute Gasteiger partial charge is 0.229 e. The van der Waals surface area contributed by atoms with Crippen LogP contribution < -0.4 is 15.5 Å². The number of hydrogen-bond acceptors (Lipinski definition) is 5. The number of nitrogens with one attached hydrogen (secondary N) is 2. The predicted octanol–water partition coefficient (Wildman–Crippen LogP) is 0.381. The summed E-state index contributed by atoms with van der Waals surface area (Å²) < 4.78 is 0. The van der Waals surface area contributed by atoms with E-state index in [1.54, 1.807) is 0 Å². The van der Waals surface area contributed by atoms with Gasteiger partial charge in [-0.2, -0.15) is 0 Å². The number of pyridine rings is 1. The third-order valence-electron chi connectivity index (χ3n) is 4.24. The molecule has 2 fully saturated rings. The van der Waals surface area contributed by atoms with Gasteiger partial charge in [-0.05, 0) is 32.1 Å². The first kappa shape index (κ1) is 14.3. The topological polar surface area (TPSA) is 60.5 Å². The summed E-state index contributed by atoms with van der Waals surface area (Å²) in [5, 5.41) is 6.26. The van der Waals surface area contributed by atoms with Crippen LogP contribution in [0.4, 0.5) is 11.5 Å². The van der Waals surface area contributed by atoms with Crippen molar-refractivity contribution in [2.75, 3.05) is 56.5 Å². The fourth-order valence-electron chi connectivity index (χ4n) is 2.95. The van der Waals surface area contributed by atoms with E-state index in [1.807, 2.05) is 25.4 Å².